The number of carbonyl (C=O) groups excluding carboxylic acids is 3. The Labute approximate surface area is 161 Å². The van der Waals surface area contributed by atoms with E-state index in [-0.39, 0.29) is 11.8 Å². The minimum atomic E-state index is -1.02. The number of hydrogen-bond acceptors (Lipinski definition) is 4. The van der Waals surface area contributed by atoms with Gasteiger partial charge in [-0.05, 0) is 43.2 Å². The minimum absolute atomic E-state index is 0.325. The standard InChI is InChI=1S/C20H21N3O3S/c1-13(17(24)21-12-14-6-3-2-4-7-14)23-18(25)20(22-19(23)26)10-5-8-16-15(20)9-11-27-16/h2-4,6-7,9,11,13H,5,8,10,12H2,1H3,(H,21,24)(H,22,26)/t13-,20-/m1/s1. The topological polar surface area (TPSA) is 78.5 Å². The summed E-state index contributed by atoms with van der Waals surface area (Å²) >= 11 is 1.61. The van der Waals surface area contributed by atoms with Crippen LogP contribution in [-0.2, 0) is 28.1 Å². The molecule has 1 saturated heterocycles. The Kier molecular flexibility index (Phi) is 4.47. The highest BCUT2D eigenvalue weighted by atomic mass is 32.1. The molecule has 0 saturated carbocycles. The number of amides is 4. The molecule has 6 nitrogen and oxygen atoms in total. The molecule has 1 aromatic heterocycles. The third-order valence-electron chi connectivity index (χ3n) is 5.36. The van der Waals surface area contributed by atoms with E-state index in [1.165, 1.54) is 0 Å². The van der Waals surface area contributed by atoms with Crippen LogP contribution in [0, 0.1) is 0 Å². The predicted octanol–water partition coefficient (Wildman–Crippen LogP) is 2.54. The summed E-state index contributed by atoms with van der Waals surface area (Å²) in [6.45, 7) is 1.95. The van der Waals surface area contributed by atoms with E-state index >= 15 is 0 Å². The van der Waals surface area contributed by atoms with E-state index in [0.717, 1.165) is 33.7 Å². The highest BCUT2D eigenvalue weighted by Gasteiger charge is 2.56. The predicted molar refractivity (Wildman–Crippen MR) is 102 cm³/mol. The molecular weight excluding hydrogens is 362 g/mol. The number of nitrogens with one attached hydrogen (secondary N) is 2. The zero-order valence-corrected chi connectivity index (χ0v) is 15.8. The third kappa shape index (κ3) is 2.92. The smallest absolute Gasteiger partial charge is 0.326 e. The average Bonchev–Trinajstić information content (AvgIpc) is 3.25. The summed E-state index contributed by atoms with van der Waals surface area (Å²) in [5.74, 6) is -0.671. The quantitative estimate of drug-likeness (QED) is 0.797. The number of nitrogens with zero attached hydrogens (tertiary/aromatic N) is 1. The van der Waals surface area contributed by atoms with Crippen molar-refractivity contribution in [3.63, 3.8) is 0 Å². The van der Waals surface area contributed by atoms with Gasteiger partial charge in [0.15, 0.2) is 0 Å². The van der Waals surface area contributed by atoms with Gasteiger partial charge >= 0.3 is 6.03 Å². The number of rotatable bonds is 4. The summed E-state index contributed by atoms with van der Waals surface area (Å²) in [6, 6.07) is 10.1. The van der Waals surface area contributed by atoms with Crippen LogP contribution in [0.2, 0.25) is 0 Å². The van der Waals surface area contributed by atoms with Gasteiger partial charge in [0.1, 0.15) is 11.6 Å². The molecule has 0 unspecified atom stereocenters. The van der Waals surface area contributed by atoms with Gasteiger partial charge in [-0.1, -0.05) is 30.3 Å². The lowest BCUT2D eigenvalue weighted by Crippen LogP contribution is -2.50. The van der Waals surface area contributed by atoms with E-state index in [0.29, 0.717) is 13.0 Å². The Morgan fingerprint density at radius 2 is 2.07 bits per heavy atom. The van der Waals surface area contributed by atoms with E-state index in [1.54, 1.807) is 18.3 Å². The van der Waals surface area contributed by atoms with E-state index in [4.69, 9.17) is 0 Å². The number of urea groups is 1. The van der Waals surface area contributed by atoms with Crippen LogP contribution < -0.4 is 10.6 Å². The molecule has 1 aliphatic carbocycles. The maximum absolute atomic E-state index is 13.2. The molecule has 0 bridgehead atoms. The maximum Gasteiger partial charge on any atom is 0.326 e. The van der Waals surface area contributed by atoms with Gasteiger partial charge in [0.05, 0.1) is 0 Å². The van der Waals surface area contributed by atoms with E-state index in [2.05, 4.69) is 10.6 Å². The molecule has 140 valence electrons. The molecule has 2 N–H and O–H groups in total. The largest absolute Gasteiger partial charge is 0.350 e. The highest BCUT2D eigenvalue weighted by Crippen LogP contribution is 2.42. The fraction of sp³-hybridized carbons (Fsp3) is 0.350. The van der Waals surface area contributed by atoms with Gasteiger partial charge < -0.3 is 10.6 Å². The normalized spacial score (nSPS) is 22.5. The molecule has 0 radical (unpaired) electrons. The van der Waals surface area contributed by atoms with Crippen LogP contribution in [0.1, 0.15) is 35.8 Å². The zero-order chi connectivity index (χ0) is 19.0. The number of thiophene rings is 1. The van der Waals surface area contributed by atoms with E-state index in [1.807, 2.05) is 41.8 Å². The Morgan fingerprint density at radius 3 is 2.85 bits per heavy atom. The van der Waals surface area contributed by atoms with Crippen molar-refractivity contribution < 1.29 is 14.4 Å². The van der Waals surface area contributed by atoms with Crippen molar-refractivity contribution in [3.05, 3.63) is 57.8 Å². The van der Waals surface area contributed by atoms with Crippen molar-refractivity contribution in [2.45, 2.75) is 44.3 Å². The molecule has 2 aliphatic rings. The highest BCUT2D eigenvalue weighted by molar-refractivity contribution is 7.10. The summed E-state index contributed by atoms with van der Waals surface area (Å²) in [7, 11) is 0. The first-order chi connectivity index (χ1) is 13.0. The van der Waals surface area contributed by atoms with Gasteiger partial charge in [-0.2, -0.15) is 0 Å². The second-order valence-corrected chi connectivity index (χ2v) is 8.00. The summed E-state index contributed by atoms with van der Waals surface area (Å²) in [6.07, 6.45) is 2.32. The van der Waals surface area contributed by atoms with Crippen molar-refractivity contribution in [2.24, 2.45) is 0 Å². The van der Waals surface area contributed by atoms with Gasteiger partial charge in [0.25, 0.3) is 5.91 Å². The fourth-order valence-electron chi connectivity index (χ4n) is 3.91. The van der Waals surface area contributed by atoms with Crippen LogP contribution in [0.5, 0.6) is 0 Å². The van der Waals surface area contributed by atoms with Gasteiger partial charge in [-0.15, -0.1) is 11.3 Å². The zero-order valence-electron chi connectivity index (χ0n) is 15.0. The first-order valence-corrected chi connectivity index (χ1v) is 9.95. The SMILES string of the molecule is C[C@H](C(=O)NCc1ccccc1)N1C(=O)N[C@@]2(CCCc3sccc32)C1=O. The summed E-state index contributed by atoms with van der Waals surface area (Å²) < 4.78 is 0. The molecule has 1 fully saturated rings. The lowest BCUT2D eigenvalue weighted by molar-refractivity contribution is -0.138. The molecular formula is C20H21N3O3S. The van der Waals surface area contributed by atoms with Crippen molar-refractivity contribution >= 4 is 29.2 Å². The number of benzene rings is 1. The molecule has 27 heavy (non-hydrogen) atoms. The van der Waals surface area contributed by atoms with Crippen LogP contribution in [0.3, 0.4) is 0 Å². The molecule has 1 aliphatic heterocycles. The fourth-order valence-corrected chi connectivity index (χ4v) is 4.91. The van der Waals surface area contributed by atoms with Crippen LogP contribution in [-0.4, -0.2) is 28.8 Å². The van der Waals surface area contributed by atoms with E-state index < -0.39 is 17.6 Å². The lowest BCUT2D eigenvalue weighted by Gasteiger charge is -2.31. The Hall–Kier alpha value is -2.67. The minimum Gasteiger partial charge on any atom is -0.350 e. The third-order valence-corrected chi connectivity index (χ3v) is 6.34. The number of imide groups is 1. The Balaban J connectivity index is 1.52. The Bertz CT molecular complexity index is 895. The molecule has 2 atom stereocenters. The molecule has 4 amide bonds. The van der Waals surface area contributed by atoms with Gasteiger partial charge in [-0.25, -0.2) is 9.69 Å². The van der Waals surface area contributed by atoms with Crippen LogP contribution >= 0.6 is 11.3 Å². The monoisotopic (exact) mass is 383 g/mol. The number of carbonyl (C=O) groups is 3. The van der Waals surface area contributed by atoms with Crippen LogP contribution in [0.15, 0.2) is 41.8 Å². The maximum atomic E-state index is 13.2. The summed E-state index contributed by atoms with van der Waals surface area (Å²) in [4.78, 5) is 40.7. The molecule has 7 heteroatoms. The second kappa shape index (κ2) is 6.81. The molecule has 2 aromatic rings. The number of aryl methyl sites for hydroxylation is 1. The van der Waals surface area contributed by atoms with Crippen LogP contribution in [0.25, 0.3) is 0 Å². The summed E-state index contributed by atoms with van der Waals surface area (Å²) in [5, 5.41) is 7.65. The van der Waals surface area contributed by atoms with Crippen molar-refractivity contribution in [1.29, 1.82) is 0 Å². The van der Waals surface area contributed by atoms with Crippen molar-refractivity contribution in [3.8, 4) is 0 Å². The van der Waals surface area contributed by atoms with Crippen LogP contribution in [0.4, 0.5) is 4.79 Å². The van der Waals surface area contributed by atoms with E-state index in [9.17, 15) is 14.4 Å². The van der Waals surface area contributed by atoms with Gasteiger partial charge in [0, 0.05) is 17.0 Å². The second-order valence-electron chi connectivity index (χ2n) is 7.00. The number of fused-ring (bicyclic) bond motifs is 2. The average molecular weight is 383 g/mol. The first-order valence-electron chi connectivity index (χ1n) is 9.07. The lowest BCUT2D eigenvalue weighted by atomic mass is 9.80. The van der Waals surface area contributed by atoms with Crippen molar-refractivity contribution in [2.75, 3.05) is 0 Å². The summed E-state index contributed by atoms with van der Waals surface area (Å²) in [5.41, 5.74) is 0.831. The van der Waals surface area contributed by atoms with Gasteiger partial charge in [-0.3, -0.25) is 9.59 Å². The van der Waals surface area contributed by atoms with Crippen molar-refractivity contribution in [1.82, 2.24) is 15.5 Å². The molecule has 2 heterocycles. The molecule has 1 spiro atoms. The molecule has 4 rings (SSSR count). The van der Waals surface area contributed by atoms with Gasteiger partial charge in [0.2, 0.25) is 5.91 Å². The molecule has 1 aromatic carbocycles. The first kappa shape index (κ1) is 17.7. The number of hydrogen-bond donors (Lipinski definition) is 2. The Morgan fingerprint density at radius 1 is 1.30 bits per heavy atom.